The largest absolute Gasteiger partial charge is 0.454 e. The minimum Gasteiger partial charge on any atom is -0.454 e. The first-order chi connectivity index (χ1) is 11.6. The van der Waals surface area contributed by atoms with Gasteiger partial charge in [0, 0.05) is 8.95 Å². The number of cyclic esters (lactones) is 1. The Bertz CT molecular complexity index is 921. The molecule has 0 atom stereocenters. The Hall–Kier alpha value is -2.12. The van der Waals surface area contributed by atoms with Gasteiger partial charge in [0.15, 0.2) is 17.2 Å². The lowest BCUT2D eigenvalue weighted by molar-refractivity contribution is -0.129. The van der Waals surface area contributed by atoms with E-state index < -0.39 is 5.97 Å². The van der Waals surface area contributed by atoms with Crippen LogP contribution in [0.25, 0.3) is 6.08 Å². The normalized spacial score (nSPS) is 17.2. The molecule has 0 bridgehead atoms. The molecule has 2 aliphatic heterocycles. The van der Waals surface area contributed by atoms with Crippen LogP contribution in [-0.4, -0.2) is 18.7 Å². The number of halogens is 2. The van der Waals surface area contributed by atoms with Crippen molar-refractivity contribution in [1.82, 2.24) is 0 Å². The molecule has 2 aromatic carbocycles. The van der Waals surface area contributed by atoms with Gasteiger partial charge in [-0.25, -0.2) is 9.79 Å². The number of hydrogen-bond acceptors (Lipinski definition) is 5. The number of aliphatic imine (C=N–C) groups is 1. The van der Waals surface area contributed by atoms with E-state index in [1.165, 1.54) is 0 Å². The van der Waals surface area contributed by atoms with Gasteiger partial charge in [-0.2, -0.15) is 0 Å². The fraction of sp³-hybridized carbons (Fsp3) is 0.0588. The molecule has 2 heterocycles. The summed E-state index contributed by atoms with van der Waals surface area (Å²) in [6.07, 6.45) is 1.65. The Morgan fingerprint density at radius 3 is 2.58 bits per heavy atom. The molecule has 0 aromatic heterocycles. The monoisotopic (exact) mass is 449 g/mol. The zero-order valence-corrected chi connectivity index (χ0v) is 15.3. The van der Waals surface area contributed by atoms with Gasteiger partial charge in [-0.15, -0.1) is 0 Å². The molecule has 0 fully saturated rings. The topological polar surface area (TPSA) is 57.1 Å². The molecule has 0 radical (unpaired) electrons. The van der Waals surface area contributed by atoms with E-state index >= 15 is 0 Å². The molecule has 2 aromatic rings. The number of ether oxygens (including phenoxy) is 3. The lowest BCUT2D eigenvalue weighted by atomic mass is 10.1. The van der Waals surface area contributed by atoms with E-state index in [-0.39, 0.29) is 18.4 Å². The van der Waals surface area contributed by atoms with Gasteiger partial charge in [-0.3, -0.25) is 0 Å². The highest BCUT2D eigenvalue weighted by Gasteiger charge is 2.26. The Balaban J connectivity index is 1.73. The second kappa shape index (κ2) is 6.07. The maximum absolute atomic E-state index is 12.1. The summed E-state index contributed by atoms with van der Waals surface area (Å²) in [5.41, 5.74) is 1.70. The quantitative estimate of drug-likeness (QED) is 0.506. The molecular weight excluding hydrogens is 442 g/mol. The molecule has 2 aliphatic rings. The summed E-state index contributed by atoms with van der Waals surface area (Å²) in [5.74, 6) is 1.07. The van der Waals surface area contributed by atoms with Crippen molar-refractivity contribution in [2.75, 3.05) is 6.79 Å². The van der Waals surface area contributed by atoms with Crippen molar-refractivity contribution in [2.45, 2.75) is 0 Å². The Kier molecular flexibility index (Phi) is 3.90. The average Bonchev–Trinajstić information content (AvgIpc) is 3.15. The van der Waals surface area contributed by atoms with Crippen LogP contribution in [-0.2, 0) is 9.53 Å². The maximum Gasteiger partial charge on any atom is 0.363 e. The van der Waals surface area contributed by atoms with Gasteiger partial charge in [0.05, 0.1) is 5.56 Å². The first-order valence-electron chi connectivity index (χ1n) is 6.98. The van der Waals surface area contributed by atoms with E-state index in [1.54, 1.807) is 18.2 Å². The molecule has 24 heavy (non-hydrogen) atoms. The second-order valence-corrected chi connectivity index (χ2v) is 6.75. The highest BCUT2D eigenvalue weighted by molar-refractivity contribution is 9.10. The molecule has 5 nitrogen and oxygen atoms in total. The van der Waals surface area contributed by atoms with Crippen molar-refractivity contribution < 1.29 is 19.0 Å². The molecule has 4 rings (SSSR count). The van der Waals surface area contributed by atoms with Crippen LogP contribution in [0.3, 0.4) is 0 Å². The van der Waals surface area contributed by atoms with Gasteiger partial charge in [-0.05, 0) is 51.8 Å². The summed E-state index contributed by atoms with van der Waals surface area (Å²) >= 11 is 6.89. The average molecular weight is 451 g/mol. The van der Waals surface area contributed by atoms with Crippen LogP contribution >= 0.6 is 31.9 Å². The predicted molar refractivity (Wildman–Crippen MR) is 95.0 cm³/mol. The van der Waals surface area contributed by atoms with Gasteiger partial charge >= 0.3 is 5.97 Å². The first kappa shape index (κ1) is 15.4. The van der Waals surface area contributed by atoms with Crippen LogP contribution in [0.4, 0.5) is 0 Å². The van der Waals surface area contributed by atoms with Gasteiger partial charge in [-0.1, -0.05) is 28.1 Å². The van der Waals surface area contributed by atoms with Crippen LogP contribution in [0.1, 0.15) is 11.1 Å². The van der Waals surface area contributed by atoms with E-state index in [0.29, 0.717) is 11.5 Å². The van der Waals surface area contributed by atoms with E-state index in [4.69, 9.17) is 14.2 Å². The highest BCUT2D eigenvalue weighted by atomic mass is 79.9. The molecule has 0 spiro atoms. The molecule has 0 saturated heterocycles. The van der Waals surface area contributed by atoms with Crippen molar-refractivity contribution in [1.29, 1.82) is 0 Å². The van der Waals surface area contributed by atoms with Crippen LogP contribution in [0.5, 0.6) is 11.5 Å². The molecule has 0 N–H and O–H groups in total. The number of nitrogens with zero attached hydrogens (tertiary/aromatic N) is 1. The first-order valence-corrected chi connectivity index (χ1v) is 8.57. The minimum atomic E-state index is -0.495. The van der Waals surface area contributed by atoms with E-state index in [9.17, 15) is 4.79 Å². The van der Waals surface area contributed by atoms with E-state index in [0.717, 1.165) is 20.1 Å². The van der Waals surface area contributed by atoms with Crippen LogP contribution in [0.15, 0.2) is 56.0 Å². The van der Waals surface area contributed by atoms with E-state index in [1.807, 2.05) is 24.3 Å². The summed E-state index contributed by atoms with van der Waals surface area (Å²) in [6.45, 7) is 0.189. The zero-order valence-electron chi connectivity index (χ0n) is 12.1. The molecular formula is C17H9Br2NO4. The fourth-order valence-corrected chi connectivity index (χ4v) is 3.24. The van der Waals surface area contributed by atoms with Crippen LogP contribution in [0, 0.1) is 0 Å². The molecule has 7 heteroatoms. The summed E-state index contributed by atoms with van der Waals surface area (Å²) < 4.78 is 17.5. The van der Waals surface area contributed by atoms with Gasteiger partial charge < -0.3 is 14.2 Å². The van der Waals surface area contributed by atoms with Crippen molar-refractivity contribution >= 4 is 49.8 Å². The zero-order chi connectivity index (χ0) is 16.7. The van der Waals surface area contributed by atoms with Crippen molar-refractivity contribution in [2.24, 2.45) is 4.99 Å². The molecule has 0 unspecified atom stereocenters. The molecule has 120 valence electrons. The Morgan fingerprint density at radius 1 is 1.04 bits per heavy atom. The third kappa shape index (κ3) is 2.74. The standard InChI is InChI=1S/C17H9Br2NO4/c18-11-4-2-1-3-10(11)16-20-13(17(21)24-16)5-9-6-14-15(7-12(9)19)23-8-22-14/h1-7H,8H2/b13-5-. The number of rotatable bonds is 2. The van der Waals surface area contributed by atoms with E-state index in [2.05, 4.69) is 36.9 Å². The summed E-state index contributed by atoms with van der Waals surface area (Å²) in [4.78, 5) is 16.4. The van der Waals surface area contributed by atoms with Gasteiger partial charge in [0.1, 0.15) is 0 Å². The SMILES string of the molecule is O=C1OC(c2ccccc2Br)=N/C1=C\c1cc2c(cc1Br)OCO2. The number of benzene rings is 2. The third-order valence-electron chi connectivity index (χ3n) is 3.51. The maximum atomic E-state index is 12.1. The number of carbonyl (C=O) groups is 1. The number of esters is 1. The lowest BCUT2D eigenvalue weighted by Crippen LogP contribution is -2.05. The van der Waals surface area contributed by atoms with Gasteiger partial charge in [0.25, 0.3) is 0 Å². The number of fused-ring (bicyclic) bond motifs is 1. The van der Waals surface area contributed by atoms with Crippen LogP contribution in [0.2, 0.25) is 0 Å². The molecule has 0 amide bonds. The Morgan fingerprint density at radius 2 is 1.79 bits per heavy atom. The van der Waals surface area contributed by atoms with Crippen molar-refractivity contribution in [3.05, 3.63) is 62.2 Å². The van der Waals surface area contributed by atoms with Crippen molar-refractivity contribution in [3.8, 4) is 11.5 Å². The fourth-order valence-electron chi connectivity index (χ4n) is 2.35. The van der Waals surface area contributed by atoms with Crippen molar-refractivity contribution in [3.63, 3.8) is 0 Å². The third-order valence-corrected chi connectivity index (χ3v) is 4.89. The van der Waals surface area contributed by atoms with Gasteiger partial charge in [0.2, 0.25) is 12.7 Å². The smallest absolute Gasteiger partial charge is 0.363 e. The molecule has 0 saturated carbocycles. The predicted octanol–water partition coefficient (Wildman–Crippen LogP) is 4.28. The number of carbonyl (C=O) groups excluding carboxylic acids is 1. The summed E-state index contributed by atoms with van der Waals surface area (Å²) in [7, 11) is 0. The second-order valence-electron chi connectivity index (χ2n) is 5.04. The minimum absolute atomic E-state index is 0.189. The lowest BCUT2D eigenvalue weighted by Gasteiger charge is -2.02. The number of hydrogen-bond donors (Lipinski definition) is 0. The Labute approximate surface area is 154 Å². The highest BCUT2D eigenvalue weighted by Crippen LogP contribution is 2.38. The molecule has 0 aliphatic carbocycles. The summed E-state index contributed by atoms with van der Waals surface area (Å²) in [6, 6.07) is 11.0. The van der Waals surface area contributed by atoms with Crippen LogP contribution < -0.4 is 9.47 Å². The summed E-state index contributed by atoms with van der Waals surface area (Å²) in [5, 5.41) is 0.